The average Bonchev–Trinajstić information content (AvgIpc) is 2.58. The van der Waals surface area contributed by atoms with Crippen LogP contribution in [0.5, 0.6) is 0 Å². The highest BCUT2D eigenvalue weighted by Crippen LogP contribution is 2.34. The van der Waals surface area contributed by atoms with Crippen LogP contribution < -0.4 is 5.43 Å². The van der Waals surface area contributed by atoms with E-state index < -0.39 is 11.7 Å². The SMILES string of the molecule is C/C(=N/Nc1ccccc1C(F)(F)F)c1ccc2ccccc2c1. The highest BCUT2D eigenvalue weighted by atomic mass is 19.4. The summed E-state index contributed by atoms with van der Waals surface area (Å²) in [4.78, 5) is 0. The Bertz CT molecular complexity index is 898. The number of nitrogens with one attached hydrogen (secondary N) is 1. The number of alkyl halides is 3. The molecule has 0 spiro atoms. The fraction of sp³-hybridized carbons (Fsp3) is 0.105. The summed E-state index contributed by atoms with van der Waals surface area (Å²) in [6, 6.07) is 19.0. The van der Waals surface area contributed by atoms with Crippen LogP contribution in [0.4, 0.5) is 18.9 Å². The lowest BCUT2D eigenvalue weighted by Gasteiger charge is -2.12. The fourth-order valence-electron chi connectivity index (χ4n) is 2.45. The molecule has 3 aromatic carbocycles. The van der Waals surface area contributed by atoms with Gasteiger partial charge in [0.05, 0.1) is 17.0 Å². The topological polar surface area (TPSA) is 24.4 Å². The van der Waals surface area contributed by atoms with E-state index in [-0.39, 0.29) is 5.69 Å². The quantitative estimate of drug-likeness (QED) is 0.484. The Labute approximate surface area is 137 Å². The Balaban J connectivity index is 1.89. The Hall–Kier alpha value is -2.82. The smallest absolute Gasteiger partial charge is 0.278 e. The van der Waals surface area contributed by atoms with E-state index in [0.29, 0.717) is 5.71 Å². The third-order valence-electron chi connectivity index (χ3n) is 3.74. The molecule has 0 aromatic heterocycles. The van der Waals surface area contributed by atoms with Gasteiger partial charge in [-0.25, -0.2) is 0 Å². The van der Waals surface area contributed by atoms with Crippen molar-refractivity contribution in [2.45, 2.75) is 13.1 Å². The Morgan fingerprint density at radius 2 is 1.54 bits per heavy atom. The van der Waals surface area contributed by atoms with E-state index in [4.69, 9.17) is 0 Å². The van der Waals surface area contributed by atoms with E-state index in [1.807, 2.05) is 42.5 Å². The molecule has 0 unspecified atom stereocenters. The van der Waals surface area contributed by atoms with Gasteiger partial charge in [0.2, 0.25) is 0 Å². The minimum Gasteiger partial charge on any atom is -0.278 e. The first kappa shape index (κ1) is 16.1. The first-order valence-electron chi connectivity index (χ1n) is 7.41. The Morgan fingerprint density at radius 3 is 2.29 bits per heavy atom. The molecule has 0 heterocycles. The number of anilines is 1. The van der Waals surface area contributed by atoms with Gasteiger partial charge in [-0.15, -0.1) is 0 Å². The second kappa shape index (κ2) is 6.35. The van der Waals surface area contributed by atoms with Crippen molar-refractivity contribution in [1.29, 1.82) is 0 Å². The normalized spacial score (nSPS) is 12.4. The Morgan fingerprint density at radius 1 is 0.875 bits per heavy atom. The third-order valence-corrected chi connectivity index (χ3v) is 3.74. The van der Waals surface area contributed by atoms with E-state index in [0.717, 1.165) is 22.4 Å². The highest BCUT2D eigenvalue weighted by molar-refractivity contribution is 6.02. The first-order valence-corrected chi connectivity index (χ1v) is 7.41. The molecule has 0 aliphatic rings. The molecule has 3 rings (SSSR count). The molecule has 0 saturated carbocycles. The van der Waals surface area contributed by atoms with Gasteiger partial charge in [-0.2, -0.15) is 18.3 Å². The lowest BCUT2D eigenvalue weighted by Crippen LogP contribution is -2.09. The number of hydrogen-bond acceptors (Lipinski definition) is 2. The lowest BCUT2D eigenvalue weighted by molar-refractivity contribution is -0.136. The van der Waals surface area contributed by atoms with Gasteiger partial charge >= 0.3 is 6.18 Å². The van der Waals surface area contributed by atoms with Crippen LogP contribution in [-0.4, -0.2) is 5.71 Å². The summed E-state index contributed by atoms with van der Waals surface area (Å²) >= 11 is 0. The van der Waals surface area contributed by atoms with Crippen molar-refractivity contribution in [3.05, 3.63) is 77.9 Å². The molecule has 24 heavy (non-hydrogen) atoms. The van der Waals surface area contributed by atoms with E-state index >= 15 is 0 Å². The molecule has 0 aliphatic heterocycles. The van der Waals surface area contributed by atoms with Crippen molar-refractivity contribution < 1.29 is 13.2 Å². The Kier molecular flexibility index (Phi) is 4.25. The zero-order valence-electron chi connectivity index (χ0n) is 12.9. The molecule has 122 valence electrons. The van der Waals surface area contributed by atoms with Gasteiger partial charge in [-0.05, 0) is 41.5 Å². The van der Waals surface area contributed by atoms with Crippen molar-refractivity contribution in [1.82, 2.24) is 0 Å². The number of fused-ring (bicyclic) bond motifs is 1. The highest BCUT2D eigenvalue weighted by Gasteiger charge is 2.33. The third kappa shape index (κ3) is 3.40. The number of rotatable bonds is 3. The molecule has 0 radical (unpaired) electrons. The standard InChI is InChI=1S/C19H15F3N2/c1-13(15-11-10-14-6-2-3-7-16(14)12-15)23-24-18-9-5-4-8-17(18)19(20,21)22/h2-12,24H,1H3/b23-13-. The van der Waals surface area contributed by atoms with E-state index in [2.05, 4.69) is 10.5 Å². The molecular weight excluding hydrogens is 313 g/mol. The van der Waals surface area contributed by atoms with Gasteiger partial charge in [-0.1, -0.05) is 48.5 Å². The van der Waals surface area contributed by atoms with Crippen LogP contribution in [0.2, 0.25) is 0 Å². The molecule has 5 heteroatoms. The second-order valence-electron chi connectivity index (χ2n) is 5.41. The molecular formula is C19H15F3N2. The van der Waals surface area contributed by atoms with Crippen LogP contribution in [0, 0.1) is 0 Å². The van der Waals surface area contributed by atoms with Crippen molar-refractivity contribution in [3.8, 4) is 0 Å². The molecule has 3 aromatic rings. The van der Waals surface area contributed by atoms with Crippen LogP contribution in [0.1, 0.15) is 18.1 Å². The summed E-state index contributed by atoms with van der Waals surface area (Å²) in [7, 11) is 0. The van der Waals surface area contributed by atoms with Gasteiger partial charge in [0.1, 0.15) is 0 Å². The largest absolute Gasteiger partial charge is 0.418 e. The van der Waals surface area contributed by atoms with Gasteiger partial charge < -0.3 is 0 Å². The molecule has 0 fully saturated rings. The average molecular weight is 328 g/mol. The van der Waals surface area contributed by atoms with Crippen LogP contribution in [0.25, 0.3) is 10.8 Å². The zero-order valence-corrected chi connectivity index (χ0v) is 12.9. The summed E-state index contributed by atoms with van der Waals surface area (Å²) in [5, 5.41) is 6.27. The monoisotopic (exact) mass is 328 g/mol. The minimum absolute atomic E-state index is 0.0647. The zero-order chi connectivity index (χ0) is 17.2. The van der Waals surface area contributed by atoms with Crippen molar-refractivity contribution in [2.75, 3.05) is 5.43 Å². The number of nitrogens with zero attached hydrogens (tertiary/aromatic N) is 1. The molecule has 2 nitrogen and oxygen atoms in total. The summed E-state index contributed by atoms with van der Waals surface area (Å²) in [6.45, 7) is 1.76. The fourth-order valence-corrected chi connectivity index (χ4v) is 2.45. The summed E-state index contributed by atoms with van der Waals surface area (Å²) < 4.78 is 38.9. The summed E-state index contributed by atoms with van der Waals surface area (Å²) in [5.41, 5.74) is 3.19. The predicted octanol–water partition coefficient (Wildman–Crippen LogP) is 5.69. The van der Waals surface area contributed by atoms with Crippen LogP contribution in [0.3, 0.4) is 0 Å². The van der Waals surface area contributed by atoms with Gasteiger partial charge in [0.15, 0.2) is 0 Å². The predicted molar refractivity (Wildman–Crippen MR) is 91.2 cm³/mol. The maximum absolute atomic E-state index is 13.0. The van der Waals surface area contributed by atoms with Crippen LogP contribution in [0.15, 0.2) is 71.8 Å². The van der Waals surface area contributed by atoms with E-state index in [9.17, 15) is 13.2 Å². The van der Waals surface area contributed by atoms with Crippen molar-refractivity contribution in [2.24, 2.45) is 5.10 Å². The number of halogens is 3. The molecule has 0 aliphatic carbocycles. The number of benzene rings is 3. The maximum Gasteiger partial charge on any atom is 0.418 e. The molecule has 0 bridgehead atoms. The molecule has 1 N–H and O–H groups in total. The molecule has 0 amide bonds. The first-order chi connectivity index (χ1) is 11.4. The van der Waals surface area contributed by atoms with Crippen LogP contribution >= 0.6 is 0 Å². The lowest BCUT2D eigenvalue weighted by atomic mass is 10.0. The van der Waals surface area contributed by atoms with Crippen LogP contribution in [-0.2, 0) is 6.18 Å². The van der Waals surface area contributed by atoms with Gasteiger partial charge in [-0.3, -0.25) is 5.43 Å². The number of hydrogen-bond donors (Lipinski definition) is 1. The minimum atomic E-state index is -4.42. The van der Waals surface area contributed by atoms with Gasteiger partial charge in [0.25, 0.3) is 0 Å². The van der Waals surface area contributed by atoms with E-state index in [1.165, 1.54) is 12.1 Å². The van der Waals surface area contributed by atoms with Gasteiger partial charge in [0, 0.05) is 0 Å². The summed E-state index contributed by atoms with van der Waals surface area (Å²) in [6.07, 6.45) is -4.42. The number of hydrazone groups is 1. The number of para-hydroxylation sites is 1. The second-order valence-corrected chi connectivity index (χ2v) is 5.41. The maximum atomic E-state index is 13.0. The summed E-state index contributed by atoms with van der Waals surface area (Å²) in [5.74, 6) is 0. The molecule has 0 saturated heterocycles. The van der Waals surface area contributed by atoms with Crippen molar-refractivity contribution in [3.63, 3.8) is 0 Å². The van der Waals surface area contributed by atoms with Crippen molar-refractivity contribution >= 4 is 22.2 Å². The van der Waals surface area contributed by atoms with E-state index in [1.54, 1.807) is 13.0 Å². The molecule has 0 atom stereocenters.